The van der Waals surface area contributed by atoms with E-state index in [-0.39, 0.29) is 11.8 Å². The van der Waals surface area contributed by atoms with Crippen LogP contribution in [0.15, 0.2) is 103 Å². The number of methoxy groups -OCH3 is 2. The minimum Gasteiger partial charge on any atom is -0.496 e. The molecule has 5 aromatic rings. The highest BCUT2D eigenvalue weighted by Crippen LogP contribution is 2.32. The van der Waals surface area contributed by atoms with Crippen LogP contribution in [0.5, 0.6) is 11.5 Å². The first-order valence-electron chi connectivity index (χ1n) is 11.7. The van der Waals surface area contributed by atoms with Crippen molar-refractivity contribution in [2.75, 3.05) is 24.9 Å². The number of ether oxygens (including phenoxy) is 2. The third-order valence-corrected chi connectivity index (χ3v) is 5.87. The second-order valence-corrected chi connectivity index (χ2v) is 8.20. The zero-order chi connectivity index (χ0) is 25.6. The minimum absolute atomic E-state index is 0.0770. The van der Waals surface area contributed by atoms with Crippen molar-refractivity contribution in [1.29, 1.82) is 0 Å². The van der Waals surface area contributed by atoms with Crippen LogP contribution in [0.2, 0.25) is 0 Å². The Morgan fingerprint density at radius 2 is 1.11 bits per heavy atom. The molecular weight excluding hydrogens is 467 g/mol. The minimum atomic E-state index is -0.550. The molecule has 0 saturated heterocycles. The molecule has 0 aliphatic heterocycles. The molecule has 0 saturated carbocycles. The summed E-state index contributed by atoms with van der Waals surface area (Å²) in [7, 11) is 3.30. The predicted molar refractivity (Wildman–Crippen MR) is 145 cm³/mol. The highest BCUT2D eigenvalue weighted by molar-refractivity contribution is 5.74. The molecular formula is C30H25FN4O2. The zero-order valence-corrected chi connectivity index (χ0v) is 20.4. The molecule has 0 spiro atoms. The molecule has 0 radical (unpaired) electrons. The molecule has 1 aromatic heterocycles. The van der Waals surface area contributed by atoms with Gasteiger partial charge >= 0.3 is 0 Å². The van der Waals surface area contributed by atoms with Gasteiger partial charge in [-0.25, -0.2) is 9.37 Å². The van der Waals surface area contributed by atoms with E-state index in [4.69, 9.17) is 9.47 Å². The second kappa shape index (κ2) is 10.8. The van der Waals surface area contributed by atoms with Gasteiger partial charge in [0.1, 0.15) is 11.5 Å². The van der Waals surface area contributed by atoms with Crippen LogP contribution in [-0.2, 0) is 0 Å². The van der Waals surface area contributed by atoms with Crippen LogP contribution in [0.1, 0.15) is 0 Å². The topological polar surface area (TPSA) is 68.3 Å². The Kier molecular flexibility index (Phi) is 6.94. The second-order valence-electron chi connectivity index (χ2n) is 8.20. The lowest BCUT2D eigenvalue weighted by Crippen LogP contribution is -2.03. The summed E-state index contributed by atoms with van der Waals surface area (Å²) in [5, 5.41) is 6.17. The van der Waals surface area contributed by atoms with Gasteiger partial charge in [-0.15, -0.1) is 0 Å². The van der Waals surface area contributed by atoms with Gasteiger partial charge in [-0.05, 0) is 47.5 Å². The first kappa shape index (κ1) is 23.8. The SMILES string of the molecule is COc1ccccc1-c1ccc(Nc2ncc(F)c(Nc3ccc(-c4ccccc4OC)cc3)n2)cc1. The zero-order valence-electron chi connectivity index (χ0n) is 20.4. The van der Waals surface area contributed by atoms with E-state index in [1.807, 2.05) is 97.1 Å². The van der Waals surface area contributed by atoms with Crippen LogP contribution in [0.3, 0.4) is 0 Å². The predicted octanol–water partition coefficient (Wildman–Crippen LogP) is 7.45. The van der Waals surface area contributed by atoms with E-state index in [1.165, 1.54) is 0 Å². The Morgan fingerprint density at radius 1 is 0.622 bits per heavy atom. The molecule has 7 heteroatoms. The molecule has 0 aliphatic rings. The van der Waals surface area contributed by atoms with Crippen LogP contribution >= 0.6 is 0 Å². The average Bonchev–Trinajstić information content (AvgIpc) is 2.95. The Hall–Kier alpha value is -4.91. The Morgan fingerprint density at radius 3 is 1.62 bits per heavy atom. The fraction of sp³-hybridized carbons (Fsp3) is 0.0667. The summed E-state index contributed by atoms with van der Waals surface area (Å²) in [5.74, 6) is 1.40. The molecule has 4 aromatic carbocycles. The molecule has 184 valence electrons. The van der Waals surface area contributed by atoms with E-state index in [1.54, 1.807) is 14.2 Å². The van der Waals surface area contributed by atoms with Gasteiger partial charge in [0.2, 0.25) is 5.95 Å². The van der Waals surface area contributed by atoms with E-state index in [2.05, 4.69) is 20.6 Å². The molecule has 0 amide bonds. The lowest BCUT2D eigenvalue weighted by molar-refractivity contribution is 0.416. The van der Waals surface area contributed by atoms with Gasteiger partial charge in [-0.1, -0.05) is 60.7 Å². The Bertz CT molecular complexity index is 1510. The molecule has 5 rings (SSSR count). The normalized spacial score (nSPS) is 10.6. The van der Waals surface area contributed by atoms with Crippen LogP contribution in [0.25, 0.3) is 22.3 Å². The molecule has 37 heavy (non-hydrogen) atoms. The standard InChI is InChI=1S/C30H25FN4O2/c1-36-27-9-5-3-7-24(27)20-11-15-22(16-12-20)33-29-26(31)19-32-30(35-29)34-23-17-13-21(14-18-23)25-8-4-6-10-28(25)37-2/h3-19H,1-2H3,(H2,32,33,34,35). The number of aromatic nitrogens is 2. The van der Waals surface area contributed by atoms with E-state index in [0.29, 0.717) is 5.69 Å². The van der Waals surface area contributed by atoms with Crippen molar-refractivity contribution in [3.05, 3.63) is 109 Å². The van der Waals surface area contributed by atoms with Crippen LogP contribution in [0.4, 0.5) is 27.5 Å². The number of nitrogens with one attached hydrogen (secondary N) is 2. The van der Waals surface area contributed by atoms with Crippen molar-refractivity contribution in [2.45, 2.75) is 0 Å². The quantitative estimate of drug-likeness (QED) is 0.234. The van der Waals surface area contributed by atoms with Crippen molar-refractivity contribution < 1.29 is 13.9 Å². The number of hydrogen-bond acceptors (Lipinski definition) is 6. The molecule has 0 bridgehead atoms. The molecule has 0 unspecified atom stereocenters. The third kappa shape index (κ3) is 5.36. The average molecular weight is 493 g/mol. The molecule has 1 heterocycles. The van der Waals surface area contributed by atoms with Gasteiger partial charge in [0.15, 0.2) is 11.6 Å². The summed E-state index contributed by atoms with van der Waals surface area (Å²) in [6.07, 6.45) is 1.14. The summed E-state index contributed by atoms with van der Waals surface area (Å²) in [5.41, 5.74) is 5.46. The first-order chi connectivity index (χ1) is 18.1. The van der Waals surface area contributed by atoms with Gasteiger partial charge in [0, 0.05) is 22.5 Å². The lowest BCUT2D eigenvalue weighted by Gasteiger charge is -2.12. The van der Waals surface area contributed by atoms with E-state index >= 15 is 0 Å². The lowest BCUT2D eigenvalue weighted by atomic mass is 10.0. The third-order valence-electron chi connectivity index (χ3n) is 5.87. The summed E-state index contributed by atoms with van der Waals surface area (Å²) < 4.78 is 25.4. The summed E-state index contributed by atoms with van der Waals surface area (Å²) in [6.45, 7) is 0. The molecule has 2 N–H and O–H groups in total. The van der Waals surface area contributed by atoms with Crippen molar-refractivity contribution in [3.63, 3.8) is 0 Å². The number of rotatable bonds is 8. The van der Waals surface area contributed by atoms with Gasteiger partial charge in [-0.3, -0.25) is 0 Å². The number of hydrogen-bond donors (Lipinski definition) is 2. The number of anilines is 4. The fourth-order valence-corrected chi connectivity index (χ4v) is 4.01. The number of benzene rings is 4. The van der Waals surface area contributed by atoms with Gasteiger partial charge in [-0.2, -0.15) is 4.98 Å². The molecule has 0 aliphatic carbocycles. The number of halogens is 1. The Labute approximate surface area is 214 Å². The molecule has 0 atom stereocenters. The van der Waals surface area contributed by atoms with Gasteiger partial charge < -0.3 is 20.1 Å². The van der Waals surface area contributed by atoms with Crippen LogP contribution in [0, 0.1) is 5.82 Å². The largest absolute Gasteiger partial charge is 0.496 e. The number of para-hydroxylation sites is 2. The van der Waals surface area contributed by atoms with Crippen LogP contribution < -0.4 is 20.1 Å². The van der Waals surface area contributed by atoms with Crippen LogP contribution in [-0.4, -0.2) is 24.2 Å². The first-order valence-corrected chi connectivity index (χ1v) is 11.7. The van der Waals surface area contributed by atoms with Crippen molar-refractivity contribution in [2.24, 2.45) is 0 Å². The van der Waals surface area contributed by atoms with Gasteiger partial charge in [0.05, 0.1) is 20.4 Å². The highest BCUT2D eigenvalue weighted by atomic mass is 19.1. The fourth-order valence-electron chi connectivity index (χ4n) is 4.01. The molecule has 6 nitrogen and oxygen atoms in total. The van der Waals surface area contributed by atoms with E-state index in [9.17, 15) is 4.39 Å². The van der Waals surface area contributed by atoms with E-state index < -0.39 is 5.82 Å². The summed E-state index contributed by atoms with van der Waals surface area (Å²) in [4.78, 5) is 8.42. The Balaban J connectivity index is 1.31. The van der Waals surface area contributed by atoms with Crippen molar-refractivity contribution in [3.8, 4) is 33.8 Å². The maximum absolute atomic E-state index is 14.5. The molecule has 0 fully saturated rings. The van der Waals surface area contributed by atoms with Crippen molar-refractivity contribution in [1.82, 2.24) is 9.97 Å². The summed E-state index contributed by atoms with van der Waals surface area (Å²) >= 11 is 0. The highest BCUT2D eigenvalue weighted by Gasteiger charge is 2.10. The monoisotopic (exact) mass is 492 g/mol. The maximum atomic E-state index is 14.5. The van der Waals surface area contributed by atoms with Crippen molar-refractivity contribution >= 4 is 23.1 Å². The van der Waals surface area contributed by atoms with E-state index in [0.717, 1.165) is 45.6 Å². The summed E-state index contributed by atoms with van der Waals surface area (Å²) in [6, 6.07) is 31.0. The van der Waals surface area contributed by atoms with Gasteiger partial charge in [0.25, 0.3) is 0 Å². The smallest absolute Gasteiger partial charge is 0.229 e. The number of nitrogens with zero attached hydrogens (tertiary/aromatic N) is 2. The maximum Gasteiger partial charge on any atom is 0.229 e.